The van der Waals surface area contributed by atoms with Crippen molar-refractivity contribution in [2.75, 3.05) is 0 Å². The third kappa shape index (κ3) is 1.23. The molecule has 0 unspecified atom stereocenters. The molecule has 1 heteroatoms. The summed E-state index contributed by atoms with van der Waals surface area (Å²) in [5.74, 6) is 0. The van der Waals surface area contributed by atoms with Gasteiger partial charge in [0.25, 0.3) is 0 Å². The number of benzene rings is 3. The highest BCUT2D eigenvalue weighted by Gasteiger charge is 2.05. The van der Waals surface area contributed by atoms with E-state index in [4.69, 9.17) is 0 Å². The third-order valence-electron chi connectivity index (χ3n) is 3.33. The van der Waals surface area contributed by atoms with E-state index in [2.05, 4.69) is 60.0 Å². The fourth-order valence-electron chi connectivity index (χ4n) is 2.51. The van der Waals surface area contributed by atoms with Gasteiger partial charge in [0.2, 0.25) is 0 Å². The highest BCUT2D eigenvalue weighted by molar-refractivity contribution is 7.18. The third-order valence-corrected chi connectivity index (χ3v) is 4.27. The Labute approximate surface area is 103 Å². The molecule has 0 nitrogen and oxygen atoms in total. The lowest BCUT2D eigenvalue weighted by Gasteiger charge is -2.04. The Hall–Kier alpha value is -1.86. The number of hydrogen-bond donors (Lipinski definition) is 0. The predicted octanol–water partition coefficient (Wildman–Crippen LogP) is 5.21. The van der Waals surface area contributed by atoms with Gasteiger partial charge in [0.1, 0.15) is 0 Å². The highest BCUT2D eigenvalue weighted by Crippen LogP contribution is 2.34. The normalized spacial score (nSPS) is 11.5. The van der Waals surface area contributed by atoms with E-state index in [0.717, 1.165) is 0 Å². The van der Waals surface area contributed by atoms with Crippen LogP contribution in [0.2, 0.25) is 0 Å². The molecule has 0 atom stereocenters. The molecular weight excluding hydrogens is 224 g/mol. The molecule has 0 saturated heterocycles. The van der Waals surface area contributed by atoms with Crippen LogP contribution in [0.5, 0.6) is 0 Å². The van der Waals surface area contributed by atoms with Crippen molar-refractivity contribution in [3.05, 3.63) is 60.0 Å². The van der Waals surface area contributed by atoms with Gasteiger partial charge in [-0.15, -0.1) is 11.3 Å². The molecule has 1 aromatic heterocycles. The summed E-state index contributed by atoms with van der Waals surface area (Å²) in [6.07, 6.45) is 0. The topological polar surface area (TPSA) is 0 Å². The van der Waals surface area contributed by atoms with Crippen LogP contribution in [0.1, 0.15) is 0 Å². The number of rotatable bonds is 0. The molecule has 4 aromatic rings. The van der Waals surface area contributed by atoms with Crippen LogP contribution in [0.25, 0.3) is 31.6 Å². The molecule has 0 spiro atoms. The van der Waals surface area contributed by atoms with Gasteiger partial charge in [0.15, 0.2) is 0 Å². The van der Waals surface area contributed by atoms with Gasteiger partial charge >= 0.3 is 0 Å². The van der Waals surface area contributed by atoms with E-state index < -0.39 is 0 Å². The van der Waals surface area contributed by atoms with Gasteiger partial charge in [0.05, 0.1) is 0 Å². The molecule has 17 heavy (non-hydrogen) atoms. The maximum absolute atomic E-state index is 2.22. The predicted molar refractivity (Wildman–Crippen MR) is 76.8 cm³/mol. The van der Waals surface area contributed by atoms with Gasteiger partial charge in [-0.1, -0.05) is 48.5 Å². The summed E-state index contributed by atoms with van der Waals surface area (Å²) in [5.41, 5.74) is 0. The molecule has 0 fully saturated rings. The van der Waals surface area contributed by atoms with Crippen LogP contribution in [0.15, 0.2) is 60.0 Å². The average Bonchev–Trinajstić information content (AvgIpc) is 2.86. The second kappa shape index (κ2) is 3.31. The van der Waals surface area contributed by atoms with E-state index >= 15 is 0 Å². The van der Waals surface area contributed by atoms with Gasteiger partial charge in [-0.3, -0.25) is 0 Å². The van der Waals surface area contributed by atoms with Crippen molar-refractivity contribution in [2.45, 2.75) is 0 Å². The van der Waals surface area contributed by atoms with E-state index in [0.29, 0.717) is 0 Å². The number of fused-ring (bicyclic) bond motifs is 5. The van der Waals surface area contributed by atoms with Gasteiger partial charge in [0, 0.05) is 10.1 Å². The number of hydrogen-bond acceptors (Lipinski definition) is 1. The first-order valence-corrected chi connectivity index (χ1v) is 6.59. The maximum Gasteiger partial charge on any atom is 0.0427 e. The monoisotopic (exact) mass is 234 g/mol. The Morgan fingerprint density at radius 3 is 2.35 bits per heavy atom. The second-order valence-electron chi connectivity index (χ2n) is 4.29. The van der Waals surface area contributed by atoms with Crippen molar-refractivity contribution >= 4 is 43.0 Å². The maximum atomic E-state index is 2.22. The zero-order valence-corrected chi connectivity index (χ0v) is 10.00. The minimum Gasteiger partial charge on any atom is -0.143 e. The Bertz CT molecular complexity index is 840. The number of thiophene rings is 1. The molecule has 0 bridgehead atoms. The lowest BCUT2D eigenvalue weighted by Crippen LogP contribution is -1.77. The van der Waals surface area contributed by atoms with E-state index in [1.165, 1.54) is 31.6 Å². The summed E-state index contributed by atoms with van der Waals surface area (Å²) >= 11 is 1.83. The smallest absolute Gasteiger partial charge is 0.0427 e. The first-order chi connectivity index (χ1) is 8.43. The van der Waals surface area contributed by atoms with E-state index in [1.807, 2.05) is 11.3 Å². The van der Waals surface area contributed by atoms with Crippen LogP contribution >= 0.6 is 11.3 Å². The summed E-state index contributed by atoms with van der Waals surface area (Å²) in [7, 11) is 0. The highest BCUT2D eigenvalue weighted by atomic mass is 32.1. The summed E-state index contributed by atoms with van der Waals surface area (Å²) in [5, 5.41) is 8.93. The van der Waals surface area contributed by atoms with Gasteiger partial charge in [-0.05, 0) is 33.0 Å². The first kappa shape index (κ1) is 9.20. The van der Waals surface area contributed by atoms with Crippen LogP contribution < -0.4 is 0 Å². The standard InChI is InChI=1S/C16H10S/c1-2-4-14-11(3-1)5-6-12-7-8-13-9-10-17-16(13)15(12)14/h1-10H. The molecule has 4 rings (SSSR count). The fourth-order valence-corrected chi connectivity index (χ4v) is 3.48. The van der Waals surface area contributed by atoms with Crippen molar-refractivity contribution in [1.29, 1.82) is 0 Å². The van der Waals surface area contributed by atoms with Crippen molar-refractivity contribution in [3.63, 3.8) is 0 Å². The molecule has 0 saturated carbocycles. The molecule has 3 aromatic carbocycles. The quantitative estimate of drug-likeness (QED) is 0.366. The van der Waals surface area contributed by atoms with E-state index in [9.17, 15) is 0 Å². The van der Waals surface area contributed by atoms with Crippen LogP contribution in [0.3, 0.4) is 0 Å². The Morgan fingerprint density at radius 2 is 1.41 bits per heavy atom. The van der Waals surface area contributed by atoms with Crippen LogP contribution in [0, 0.1) is 0 Å². The minimum atomic E-state index is 1.32. The largest absolute Gasteiger partial charge is 0.143 e. The SMILES string of the molecule is c1ccc2c(c1)ccc1ccc3ccsc3c12. The molecule has 0 aliphatic carbocycles. The zero-order chi connectivity index (χ0) is 11.2. The molecule has 0 aliphatic heterocycles. The first-order valence-electron chi connectivity index (χ1n) is 5.71. The summed E-state index contributed by atoms with van der Waals surface area (Å²) in [6, 6.07) is 19.7. The van der Waals surface area contributed by atoms with Crippen LogP contribution in [-0.4, -0.2) is 0 Å². The van der Waals surface area contributed by atoms with Gasteiger partial charge in [-0.2, -0.15) is 0 Å². The lowest BCUT2D eigenvalue weighted by molar-refractivity contribution is 1.80. The Kier molecular flexibility index (Phi) is 1.79. The summed E-state index contributed by atoms with van der Waals surface area (Å²) in [6.45, 7) is 0. The second-order valence-corrected chi connectivity index (χ2v) is 5.21. The van der Waals surface area contributed by atoms with Crippen molar-refractivity contribution in [3.8, 4) is 0 Å². The molecule has 80 valence electrons. The Balaban J connectivity index is 2.41. The molecule has 0 aliphatic rings. The average molecular weight is 234 g/mol. The zero-order valence-electron chi connectivity index (χ0n) is 9.18. The van der Waals surface area contributed by atoms with Crippen LogP contribution in [-0.2, 0) is 0 Å². The lowest BCUT2D eigenvalue weighted by atomic mass is 10.0. The minimum absolute atomic E-state index is 1.32. The van der Waals surface area contributed by atoms with E-state index in [-0.39, 0.29) is 0 Å². The molecular formula is C16H10S. The van der Waals surface area contributed by atoms with E-state index in [1.54, 1.807) is 0 Å². The fraction of sp³-hybridized carbons (Fsp3) is 0. The van der Waals surface area contributed by atoms with Gasteiger partial charge in [-0.25, -0.2) is 0 Å². The summed E-state index contributed by atoms with van der Waals surface area (Å²) < 4.78 is 1.40. The van der Waals surface area contributed by atoms with Crippen molar-refractivity contribution in [2.24, 2.45) is 0 Å². The molecule has 1 heterocycles. The molecule has 0 radical (unpaired) electrons. The van der Waals surface area contributed by atoms with Crippen molar-refractivity contribution in [1.82, 2.24) is 0 Å². The van der Waals surface area contributed by atoms with Gasteiger partial charge < -0.3 is 0 Å². The molecule has 0 N–H and O–H groups in total. The van der Waals surface area contributed by atoms with Crippen molar-refractivity contribution < 1.29 is 0 Å². The van der Waals surface area contributed by atoms with Crippen LogP contribution in [0.4, 0.5) is 0 Å². The Morgan fingerprint density at radius 1 is 0.647 bits per heavy atom. The molecule has 0 amide bonds. The summed E-state index contributed by atoms with van der Waals surface area (Å²) in [4.78, 5) is 0.